The predicted octanol–water partition coefficient (Wildman–Crippen LogP) is 4.23. The average molecular weight is 322 g/mol. The lowest BCUT2D eigenvalue weighted by Crippen LogP contribution is -2.43. The number of nitrogens with zero attached hydrogens (tertiary/aromatic N) is 1. The van der Waals surface area contributed by atoms with Gasteiger partial charge in [-0.15, -0.1) is 0 Å². The highest BCUT2D eigenvalue weighted by atomic mass is 16.5. The van der Waals surface area contributed by atoms with Gasteiger partial charge in [0.15, 0.2) is 0 Å². The standard InChI is InChI=1S/C20H22N2O2/c1-3-13-22-19(15-9-11-16(12-10-15)24-14-4-2)21-18-8-6-5-7-17(18)20(22)23/h4-12,19,21H,2-3,13-14H2,1H3. The van der Waals surface area contributed by atoms with Gasteiger partial charge in [0.25, 0.3) is 5.91 Å². The minimum atomic E-state index is -0.166. The second-order valence-corrected chi connectivity index (χ2v) is 5.76. The number of hydrogen-bond donors (Lipinski definition) is 1. The third kappa shape index (κ3) is 3.13. The molecule has 0 aromatic heterocycles. The number of fused-ring (bicyclic) bond motifs is 1. The van der Waals surface area contributed by atoms with Crippen molar-refractivity contribution in [2.24, 2.45) is 0 Å². The SMILES string of the molecule is C=CCOc1ccc(C2Nc3ccccc3C(=O)N2CCC)cc1. The van der Waals surface area contributed by atoms with Crippen LogP contribution in [0, 0.1) is 0 Å². The highest BCUT2D eigenvalue weighted by Crippen LogP contribution is 2.33. The van der Waals surface area contributed by atoms with E-state index in [0.717, 1.165) is 29.0 Å². The molecular formula is C20H22N2O2. The van der Waals surface area contributed by atoms with Crippen molar-refractivity contribution in [2.75, 3.05) is 18.5 Å². The Hall–Kier alpha value is -2.75. The van der Waals surface area contributed by atoms with Gasteiger partial charge in [-0.05, 0) is 36.2 Å². The Bertz CT molecular complexity index is 725. The summed E-state index contributed by atoms with van der Waals surface area (Å²) in [6, 6.07) is 15.5. The maximum Gasteiger partial charge on any atom is 0.257 e. The van der Waals surface area contributed by atoms with Crippen molar-refractivity contribution < 1.29 is 9.53 Å². The molecule has 0 spiro atoms. The summed E-state index contributed by atoms with van der Waals surface area (Å²) in [7, 11) is 0. The van der Waals surface area contributed by atoms with Crippen molar-refractivity contribution in [1.82, 2.24) is 4.90 Å². The zero-order chi connectivity index (χ0) is 16.9. The largest absolute Gasteiger partial charge is 0.490 e. The molecule has 0 saturated carbocycles. The Morgan fingerprint density at radius 1 is 1.21 bits per heavy atom. The first-order chi connectivity index (χ1) is 11.7. The van der Waals surface area contributed by atoms with Gasteiger partial charge in [0.2, 0.25) is 0 Å². The van der Waals surface area contributed by atoms with E-state index >= 15 is 0 Å². The van der Waals surface area contributed by atoms with Crippen LogP contribution < -0.4 is 10.1 Å². The first-order valence-electron chi connectivity index (χ1n) is 8.24. The molecule has 1 aliphatic heterocycles. The van der Waals surface area contributed by atoms with Crippen LogP contribution in [0.25, 0.3) is 0 Å². The molecule has 4 heteroatoms. The topological polar surface area (TPSA) is 41.6 Å². The summed E-state index contributed by atoms with van der Waals surface area (Å²) in [5.41, 5.74) is 2.65. The third-order valence-corrected chi connectivity index (χ3v) is 4.05. The first kappa shape index (κ1) is 16.1. The second kappa shape index (κ2) is 7.21. The van der Waals surface area contributed by atoms with Crippen molar-refractivity contribution in [3.05, 3.63) is 72.3 Å². The fourth-order valence-corrected chi connectivity index (χ4v) is 2.93. The van der Waals surface area contributed by atoms with Crippen LogP contribution in [0.5, 0.6) is 5.75 Å². The van der Waals surface area contributed by atoms with E-state index in [1.54, 1.807) is 6.08 Å². The van der Waals surface area contributed by atoms with Crippen LogP contribution in [0.1, 0.15) is 35.4 Å². The number of carbonyl (C=O) groups excluding carboxylic acids is 1. The van der Waals surface area contributed by atoms with E-state index in [9.17, 15) is 4.79 Å². The molecule has 124 valence electrons. The molecule has 0 saturated heterocycles. The maximum absolute atomic E-state index is 12.8. The molecule has 1 atom stereocenters. The van der Waals surface area contributed by atoms with Crippen molar-refractivity contribution in [2.45, 2.75) is 19.5 Å². The zero-order valence-electron chi connectivity index (χ0n) is 13.9. The Balaban J connectivity index is 1.90. The lowest BCUT2D eigenvalue weighted by Gasteiger charge is -2.38. The summed E-state index contributed by atoms with van der Waals surface area (Å²) < 4.78 is 5.53. The summed E-state index contributed by atoms with van der Waals surface area (Å²) in [4.78, 5) is 14.7. The number of amides is 1. The van der Waals surface area contributed by atoms with Crippen molar-refractivity contribution in [3.8, 4) is 5.75 Å². The molecule has 2 aromatic carbocycles. The van der Waals surface area contributed by atoms with E-state index in [1.807, 2.05) is 53.4 Å². The Kier molecular flexibility index (Phi) is 4.85. The van der Waals surface area contributed by atoms with E-state index < -0.39 is 0 Å². The van der Waals surface area contributed by atoms with Gasteiger partial charge in [-0.25, -0.2) is 0 Å². The smallest absolute Gasteiger partial charge is 0.257 e. The van der Waals surface area contributed by atoms with E-state index in [2.05, 4.69) is 18.8 Å². The summed E-state index contributed by atoms with van der Waals surface area (Å²) in [6.07, 6.45) is 2.46. The van der Waals surface area contributed by atoms with Crippen molar-refractivity contribution in [1.29, 1.82) is 0 Å². The van der Waals surface area contributed by atoms with E-state index in [-0.39, 0.29) is 12.1 Å². The Labute approximate surface area is 142 Å². The molecular weight excluding hydrogens is 300 g/mol. The monoisotopic (exact) mass is 322 g/mol. The normalized spacial score (nSPS) is 16.3. The van der Waals surface area contributed by atoms with Crippen LogP contribution >= 0.6 is 0 Å². The zero-order valence-corrected chi connectivity index (χ0v) is 13.9. The summed E-state index contributed by atoms with van der Waals surface area (Å²) >= 11 is 0. The number of anilines is 1. The number of nitrogens with one attached hydrogen (secondary N) is 1. The molecule has 0 aliphatic carbocycles. The van der Waals surface area contributed by atoms with Gasteiger partial charge in [-0.1, -0.05) is 43.8 Å². The lowest BCUT2D eigenvalue weighted by molar-refractivity contribution is 0.0683. The summed E-state index contributed by atoms with van der Waals surface area (Å²) in [6.45, 7) is 6.92. The molecule has 0 fully saturated rings. The minimum absolute atomic E-state index is 0.0724. The molecule has 1 aliphatic rings. The van der Waals surface area contributed by atoms with Gasteiger partial charge in [-0.3, -0.25) is 4.79 Å². The number of hydrogen-bond acceptors (Lipinski definition) is 3. The second-order valence-electron chi connectivity index (χ2n) is 5.76. The predicted molar refractivity (Wildman–Crippen MR) is 96.3 cm³/mol. The average Bonchev–Trinajstić information content (AvgIpc) is 2.63. The molecule has 1 amide bonds. The van der Waals surface area contributed by atoms with E-state index in [1.165, 1.54) is 0 Å². The summed E-state index contributed by atoms with van der Waals surface area (Å²) in [5, 5.41) is 3.49. The fraction of sp³-hybridized carbons (Fsp3) is 0.250. The molecule has 1 N–H and O–H groups in total. The highest BCUT2D eigenvalue weighted by Gasteiger charge is 2.31. The number of carbonyl (C=O) groups is 1. The van der Waals surface area contributed by atoms with Crippen LogP contribution in [0.4, 0.5) is 5.69 Å². The number of benzene rings is 2. The highest BCUT2D eigenvalue weighted by molar-refractivity contribution is 6.01. The van der Waals surface area contributed by atoms with Gasteiger partial charge in [0, 0.05) is 12.2 Å². The molecule has 1 heterocycles. The van der Waals surface area contributed by atoms with Gasteiger partial charge >= 0.3 is 0 Å². The third-order valence-electron chi connectivity index (χ3n) is 4.05. The summed E-state index contributed by atoms with van der Waals surface area (Å²) in [5.74, 6) is 0.867. The lowest BCUT2D eigenvalue weighted by atomic mass is 10.0. The first-order valence-corrected chi connectivity index (χ1v) is 8.24. The molecule has 3 rings (SSSR count). The van der Waals surface area contributed by atoms with E-state index in [4.69, 9.17) is 4.74 Å². The van der Waals surface area contributed by atoms with Gasteiger partial charge < -0.3 is 15.0 Å². The van der Waals surface area contributed by atoms with Crippen LogP contribution in [0.2, 0.25) is 0 Å². The molecule has 4 nitrogen and oxygen atoms in total. The number of ether oxygens (including phenoxy) is 1. The van der Waals surface area contributed by atoms with Gasteiger partial charge in [0.05, 0.1) is 5.56 Å². The maximum atomic E-state index is 12.8. The van der Waals surface area contributed by atoms with Crippen LogP contribution in [-0.4, -0.2) is 24.0 Å². The van der Waals surface area contributed by atoms with Crippen LogP contribution in [0.15, 0.2) is 61.2 Å². The Morgan fingerprint density at radius 2 is 1.96 bits per heavy atom. The quantitative estimate of drug-likeness (QED) is 0.809. The van der Waals surface area contributed by atoms with E-state index in [0.29, 0.717) is 13.2 Å². The Morgan fingerprint density at radius 3 is 2.67 bits per heavy atom. The number of rotatable bonds is 6. The molecule has 1 unspecified atom stereocenters. The van der Waals surface area contributed by atoms with Gasteiger partial charge in [0.1, 0.15) is 18.5 Å². The molecule has 0 radical (unpaired) electrons. The van der Waals surface area contributed by atoms with Crippen LogP contribution in [0.3, 0.4) is 0 Å². The van der Waals surface area contributed by atoms with Gasteiger partial charge in [-0.2, -0.15) is 0 Å². The number of para-hydroxylation sites is 1. The van der Waals surface area contributed by atoms with Crippen molar-refractivity contribution >= 4 is 11.6 Å². The molecule has 2 aromatic rings. The molecule has 24 heavy (non-hydrogen) atoms. The van der Waals surface area contributed by atoms with Crippen molar-refractivity contribution in [3.63, 3.8) is 0 Å². The molecule has 0 bridgehead atoms. The minimum Gasteiger partial charge on any atom is -0.490 e. The fourth-order valence-electron chi connectivity index (χ4n) is 2.93. The van der Waals surface area contributed by atoms with Crippen LogP contribution in [-0.2, 0) is 0 Å².